The quantitative estimate of drug-likeness (QED) is 0.795. The highest BCUT2D eigenvalue weighted by Gasteiger charge is 2.38. The molecule has 5 nitrogen and oxygen atoms in total. The fourth-order valence-corrected chi connectivity index (χ4v) is 4.28. The Morgan fingerprint density at radius 1 is 1.56 bits per heavy atom. The molecule has 1 aliphatic rings. The van der Waals surface area contributed by atoms with E-state index in [1.54, 1.807) is 18.3 Å². The van der Waals surface area contributed by atoms with Crippen molar-refractivity contribution in [2.24, 2.45) is 5.73 Å². The van der Waals surface area contributed by atoms with Gasteiger partial charge in [-0.1, -0.05) is 12.2 Å². The van der Waals surface area contributed by atoms with Crippen LogP contribution in [0.5, 0.6) is 0 Å². The van der Waals surface area contributed by atoms with Gasteiger partial charge in [-0.15, -0.1) is 0 Å². The molecule has 0 spiro atoms. The molecule has 1 aromatic heterocycles. The molecule has 3 N–H and O–H groups in total. The maximum atomic E-state index is 11.5. The first kappa shape index (κ1) is 13.2. The summed E-state index contributed by atoms with van der Waals surface area (Å²) in [6.45, 7) is 1.90. The minimum Gasteiger partial charge on any atom is -0.388 e. The zero-order chi connectivity index (χ0) is 13.4. The van der Waals surface area contributed by atoms with Crippen LogP contribution in [0, 0.1) is 0 Å². The summed E-state index contributed by atoms with van der Waals surface area (Å²) < 4.78 is 23.0. The predicted octanol–water partition coefficient (Wildman–Crippen LogP) is 0.705. The van der Waals surface area contributed by atoms with Crippen molar-refractivity contribution in [2.45, 2.75) is 18.9 Å². The van der Waals surface area contributed by atoms with Crippen LogP contribution >= 0.6 is 12.2 Å². The number of anilines is 1. The molecule has 0 bridgehead atoms. The average Bonchev–Trinajstić information content (AvgIpc) is 2.53. The van der Waals surface area contributed by atoms with Crippen molar-refractivity contribution in [2.75, 3.05) is 16.8 Å². The lowest BCUT2D eigenvalue weighted by Crippen LogP contribution is -2.35. The first-order chi connectivity index (χ1) is 8.30. The minimum absolute atomic E-state index is 0.150. The van der Waals surface area contributed by atoms with Crippen molar-refractivity contribution < 1.29 is 8.42 Å². The summed E-state index contributed by atoms with van der Waals surface area (Å²) in [5, 5.41) is 3.21. The highest BCUT2D eigenvalue weighted by Crippen LogP contribution is 2.27. The molecule has 1 atom stereocenters. The molecule has 0 radical (unpaired) electrons. The van der Waals surface area contributed by atoms with Crippen LogP contribution in [0.2, 0.25) is 0 Å². The van der Waals surface area contributed by atoms with Gasteiger partial charge in [0.15, 0.2) is 9.84 Å². The molecule has 0 aromatic carbocycles. The van der Waals surface area contributed by atoms with Crippen molar-refractivity contribution in [3.63, 3.8) is 0 Å². The summed E-state index contributed by atoms with van der Waals surface area (Å²) in [4.78, 5) is 4.36. The summed E-state index contributed by atoms with van der Waals surface area (Å²) in [7, 11) is -2.92. The number of hydrogen-bond acceptors (Lipinski definition) is 5. The van der Waals surface area contributed by atoms with Gasteiger partial charge in [-0.25, -0.2) is 8.42 Å². The molecule has 2 rings (SSSR count). The second-order valence-corrected chi connectivity index (χ2v) is 7.45. The van der Waals surface area contributed by atoms with E-state index >= 15 is 0 Å². The Morgan fingerprint density at radius 3 is 2.72 bits per heavy atom. The van der Waals surface area contributed by atoms with Gasteiger partial charge in [0.1, 0.15) is 4.99 Å². The van der Waals surface area contributed by atoms with Gasteiger partial charge in [0.05, 0.1) is 29.1 Å². The van der Waals surface area contributed by atoms with Gasteiger partial charge < -0.3 is 11.1 Å². The number of nitrogens with one attached hydrogen (secondary N) is 1. The molecule has 1 aliphatic heterocycles. The van der Waals surface area contributed by atoms with Crippen LogP contribution in [0.25, 0.3) is 0 Å². The minimum atomic E-state index is -2.92. The maximum absolute atomic E-state index is 11.5. The third kappa shape index (κ3) is 2.97. The Labute approximate surface area is 112 Å². The van der Waals surface area contributed by atoms with E-state index in [4.69, 9.17) is 18.0 Å². The van der Waals surface area contributed by atoms with Crippen molar-refractivity contribution >= 4 is 32.7 Å². The summed E-state index contributed by atoms with van der Waals surface area (Å²) in [5.74, 6) is 0.381. The number of pyridine rings is 1. The Hall–Kier alpha value is -1.21. The predicted molar refractivity (Wildman–Crippen MR) is 75.4 cm³/mol. The standard InChI is InChI=1S/C11H15N3O2S2/c1-11(4-5-18(15,16)7-11)14-8-2-3-9(10(12)17)13-6-8/h2-3,6,14H,4-5,7H2,1H3,(H2,12,17). The van der Waals surface area contributed by atoms with Crippen LogP contribution in [-0.4, -0.2) is 35.4 Å². The zero-order valence-corrected chi connectivity index (χ0v) is 11.6. The summed E-state index contributed by atoms with van der Waals surface area (Å²) >= 11 is 4.82. The molecule has 2 heterocycles. The monoisotopic (exact) mass is 285 g/mol. The molecule has 18 heavy (non-hydrogen) atoms. The third-order valence-electron chi connectivity index (χ3n) is 2.97. The Kier molecular flexibility index (Phi) is 3.29. The molecule has 0 saturated carbocycles. The van der Waals surface area contributed by atoms with Gasteiger partial charge in [0.25, 0.3) is 0 Å². The fourth-order valence-electron chi connectivity index (χ4n) is 2.07. The van der Waals surface area contributed by atoms with Crippen LogP contribution in [0.4, 0.5) is 5.69 Å². The molecular weight excluding hydrogens is 270 g/mol. The zero-order valence-electron chi connectivity index (χ0n) is 10.0. The summed E-state index contributed by atoms with van der Waals surface area (Å²) in [5.41, 5.74) is 6.36. The normalized spacial score (nSPS) is 25.8. The topological polar surface area (TPSA) is 85.1 Å². The van der Waals surface area contributed by atoms with E-state index in [9.17, 15) is 8.42 Å². The van der Waals surface area contributed by atoms with Gasteiger partial charge in [0, 0.05) is 5.54 Å². The molecule has 0 amide bonds. The van der Waals surface area contributed by atoms with Crippen molar-refractivity contribution in [1.29, 1.82) is 0 Å². The smallest absolute Gasteiger partial charge is 0.152 e. The molecule has 7 heteroatoms. The van der Waals surface area contributed by atoms with E-state index < -0.39 is 15.4 Å². The van der Waals surface area contributed by atoms with Crippen molar-refractivity contribution in [1.82, 2.24) is 4.98 Å². The van der Waals surface area contributed by atoms with E-state index in [0.717, 1.165) is 5.69 Å². The number of sulfone groups is 1. The first-order valence-electron chi connectivity index (χ1n) is 5.54. The van der Waals surface area contributed by atoms with Crippen molar-refractivity contribution in [3.8, 4) is 0 Å². The molecule has 1 saturated heterocycles. The molecule has 1 unspecified atom stereocenters. The number of hydrogen-bond donors (Lipinski definition) is 2. The molecule has 1 fully saturated rings. The van der Waals surface area contributed by atoms with Gasteiger partial charge in [-0.3, -0.25) is 4.98 Å². The summed E-state index contributed by atoms with van der Waals surface area (Å²) in [6, 6.07) is 3.52. The lowest BCUT2D eigenvalue weighted by atomic mass is 10.0. The lowest BCUT2D eigenvalue weighted by Gasteiger charge is -2.25. The average molecular weight is 285 g/mol. The second kappa shape index (κ2) is 4.47. The van der Waals surface area contributed by atoms with Gasteiger partial charge in [-0.2, -0.15) is 0 Å². The van der Waals surface area contributed by atoms with E-state index in [-0.39, 0.29) is 16.5 Å². The molecular formula is C11H15N3O2S2. The second-order valence-electron chi connectivity index (χ2n) is 4.82. The highest BCUT2D eigenvalue weighted by molar-refractivity contribution is 7.91. The number of aromatic nitrogens is 1. The fraction of sp³-hybridized carbons (Fsp3) is 0.455. The molecule has 1 aromatic rings. The number of nitrogens with two attached hydrogens (primary N) is 1. The van der Waals surface area contributed by atoms with Crippen LogP contribution in [0.3, 0.4) is 0 Å². The molecule has 98 valence electrons. The van der Waals surface area contributed by atoms with E-state index in [0.29, 0.717) is 12.1 Å². The van der Waals surface area contributed by atoms with Crippen molar-refractivity contribution in [3.05, 3.63) is 24.0 Å². The van der Waals surface area contributed by atoms with E-state index in [1.807, 2.05) is 6.92 Å². The number of thiocarbonyl (C=S) groups is 1. The Morgan fingerprint density at radius 2 is 2.28 bits per heavy atom. The summed E-state index contributed by atoms with van der Waals surface area (Å²) in [6.07, 6.45) is 2.22. The van der Waals surface area contributed by atoms with Crippen LogP contribution in [-0.2, 0) is 9.84 Å². The Bertz CT molecular complexity index is 568. The first-order valence-corrected chi connectivity index (χ1v) is 7.77. The molecule has 0 aliphatic carbocycles. The number of nitrogens with zero attached hydrogens (tertiary/aromatic N) is 1. The van der Waals surface area contributed by atoms with Gasteiger partial charge in [-0.05, 0) is 25.5 Å². The van der Waals surface area contributed by atoms with Gasteiger partial charge in [0.2, 0.25) is 0 Å². The van der Waals surface area contributed by atoms with Crippen LogP contribution in [0.1, 0.15) is 19.0 Å². The van der Waals surface area contributed by atoms with E-state index in [2.05, 4.69) is 10.3 Å². The Balaban J connectivity index is 2.13. The number of rotatable bonds is 3. The largest absolute Gasteiger partial charge is 0.388 e. The van der Waals surface area contributed by atoms with E-state index in [1.165, 1.54) is 0 Å². The van der Waals surface area contributed by atoms with Crippen LogP contribution in [0.15, 0.2) is 18.3 Å². The van der Waals surface area contributed by atoms with Crippen LogP contribution < -0.4 is 11.1 Å². The maximum Gasteiger partial charge on any atom is 0.152 e. The highest BCUT2D eigenvalue weighted by atomic mass is 32.2. The lowest BCUT2D eigenvalue weighted by molar-refractivity contribution is 0.574. The third-order valence-corrected chi connectivity index (χ3v) is 5.08. The SMILES string of the molecule is CC1(Nc2ccc(C(N)=S)nc2)CCS(=O)(=O)C1. The van der Waals surface area contributed by atoms with Gasteiger partial charge >= 0.3 is 0 Å².